The predicted octanol–water partition coefficient (Wildman–Crippen LogP) is 1.77. The van der Waals surface area contributed by atoms with E-state index in [0.717, 1.165) is 5.56 Å². The van der Waals surface area contributed by atoms with Crippen molar-refractivity contribution in [3.05, 3.63) is 64.4 Å². The highest BCUT2D eigenvalue weighted by atomic mass is 32.1. The summed E-state index contributed by atoms with van der Waals surface area (Å²) in [5, 5.41) is 6.37. The van der Waals surface area contributed by atoms with E-state index in [4.69, 9.17) is 4.74 Å². The van der Waals surface area contributed by atoms with Crippen LogP contribution in [0.3, 0.4) is 0 Å². The van der Waals surface area contributed by atoms with Crippen LogP contribution in [0.1, 0.15) is 21.7 Å². The van der Waals surface area contributed by atoms with E-state index in [1.807, 2.05) is 30.3 Å². The largest absolute Gasteiger partial charge is 0.456 e. The topological polar surface area (TPSA) is 102 Å². The Labute approximate surface area is 160 Å². The van der Waals surface area contributed by atoms with Crippen LogP contribution in [0.2, 0.25) is 0 Å². The molecule has 0 aliphatic heterocycles. The van der Waals surface area contributed by atoms with Gasteiger partial charge in [0.25, 0.3) is 11.8 Å². The second kappa shape index (κ2) is 10.7. The number of carbonyl (C=O) groups is 4. The summed E-state index contributed by atoms with van der Waals surface area (Å²) in [5.41, 5.74) is 0.884. The summed E-state index contributed by atoms with van der Waals surface area (Å²) in [6.07, 6.45) is 2.93. The number of imide groups is 1. The van der Waals surface area contributed by atoms with Crippen molar-refractivity contribution >= 4 is 41.1 Å². The van der Waals surface area contributed by atoms with E-state index in [2.05, 4.69) is 10.6 Å². The van der Waals surface area contributed by atoms with E-state index in [0.29, 0.717) is 4.88 Å². The Balaban J connectivity index is 1.60. The summed E-state index contributed by atoms with van der Waals surface area (Å²) >= 11 is 1.20. The fraction of sp³-hybridized carbons (Fsp3) is 0.158. The van der Waals surface area contributed by atoms with Crippen LogP contribution in [-0.4, -0.2) is 36.8 Å². The van der Waals surface area contributed by atoms with Crippen molar-refractivity contribution in [2.24, 2.45) is 0 Å². The first kappa shape index (κ1) is 20.1. The molecule has 1 aromatic carbocycles. The molecule has 140 valence electrons. The smallest absolute Gasteiger partial charge is 0.308 e. The van der Waals surface area contributed by atoms with E-state index >= 15 is 0 Å². The van der Waals surface area contributed by atoms with Gasteiger partial charge in [0.05, 0.1) is 11.3 Å². The molecule has 0 saturated heterocycles. The molecule has 0 saturated carbocycles. The molecule has 0 spiro atoms. The van der Waals surface area contributed by atoms with Gasteiger partial charge in [-0.1, -0.05) is 36.4 Å². The number of benzene rings is 1. The van der Waals surface area contributed by atoms with Crippen LogP contribution in [0.5, 0.6) is 0 Å². The van der Waals surface area contributed by atoms with Crippen molar-refractivity contribution in [2.75, 3.05) is 13.2 Å². The molecule has 0 aliphatic carbocycles. The standard InChI is InChI=1S/C19H18N2O5S/c22-16(9-8-14-5-2-1-3-6-14)20-11-10-18(24)26-13-17(23)21-19(25)15-7-4-12-27-15/h1-9,12H,10-11,13H2,(H,20,22)(H,21,23,25)/b9-8+. The maximum Gasteiger partial charge on any atom is 0.308 e. The van der Waals surface area contributed by atoms with Gasteiger partial charge in [0.1, 0.15) is 0 Å². The molecule has 0 aliphatic rings. The molecule has 27 heavy (non-hydrogen) atoms. The second-order valence-corrected chi connectivity index (χ2v) is 6.25. The maximum atomic E-state index is 11.7. The van der Waals surface area contributed by atoms with Crippen LogP contribution in [0.25, 0.3) is 6.08 Å². The lowest BCUT2D eigenvalue weighted by Crippen LogP contribution is -2.34. The highest BCUT2D eigenvalue weighted by Crippen LogP contribution is 2.07. The molecule has 0 radical (unpaired) electrons. The molecule has 0 atom stereocenters. The first-order chi connectivity index (χ1) is 13.0. The average Bonchev–Trinajstić information content (AvgIpc) is 3.20. The number of hydrogen-bond donors (Lipinski definition) is 2. The van der Waals surface area contributed by atoms with Crippen LogP contribution in [0.4, 0.5) is 0 Å². The van der Waals surface area contributed by atoms with Gasteiger partial charge in [-0.25, -0.2) is 0 Å². The lowest BCUT2D eigenvalue weighted by atomic mass is 10.2. The normalized spacial score (nSPS) is 10.4. The molecule has 0 unspecified atom stereocenters. The molecule has 3 amide bonds. The number of rotatable bonds is 8. The first-order valence-corrected chi connectivity index (χ1v) is 8.97. The van der Waals surface area contributed by atoms with Gasteiger partial charge < -0.3 is 10.1 Å². The summed E-state index contributed by atoms with van der Waals surface area (Å²) in [7, 11) is 0. The Bertz CT molecular complexity index is 816. The van der Waals surface area contributed by atoms with Crippen molar-refractivity contribution in [1.29, 1.82) is 0 Å². The number of carbonyl (C=O) groups excluding carboxylic acids is 4. The van der Waals surface area contributed by atoms with Gasteiger partial charge in [0, 0.05) is 12.6 Å². The van der Waals surface area contributed by atoms with Crippen molar-refractivity contribution in [3.8, 4) is 0 Å². The van der Waals surface area contributed by atoms with Gasteiger partial charge in [0.15, 0.2) is 6.61 Å². The molecule has 2 aromatic rings. The minimum atomic E-state index is -0.711. The number of nitrogens with one attached hydrogen (secondary N) is 2. The van der Waals surface area contributed by atoms with E-state index in [1.54, 1.807) is 23.6 Å². The number of esters is 1. The number of amides is 3. The third-order valence-electron chi connectivity index (χ3n) is 3.22. The third kappa shape index (κ3) is 7.66. The molecule has 1 heterocycles. The van der Waals surface area contributed by atoms with Crippen LogP contribution in [0, 0.1) is 0 Å². The molecule has 1 aromatic heterocycles. The van der Waals surface area contributed by atoms with Crippen LogP contribution >= 0.6 is 11.3 Å². The van der Waals surface area contributed by atoms with E-state index in [-0.39, 0.29) is 18.9 Å². The highest BCUT2D eigenvalue weighted by molar-refractivity contribution is 7.12. The van der Waals surface area contributed by atoms with Crippen molar-refractivity contribution < 1.29 is 23.9 Å². The summed E-state index contributed by atoms with van der Waals surface area (Å²) in [6.45, 7) is -0.482. The fourth-order valence-corrected chi connectivity index (χ4v) is 2.55. The fourth-order valence-electron chi connectivity index (χ4n) is 1.93. The summed E-state index contributed by atoms with van der Waals surface area (Å²) in [5.74, 6) is -2.24. The van der Waals surface area contributed by atoms with Gasteiger partial charge in [-0.2, -0.15) is 0 Å². The quantitative estimate of drug-likeness (QED) is 0.532. The van der Waals surface area contributed by atoms with Crippen LogP contribution in [0.15, 0.2) is 53.9 Å². The third-order valence-corrected chi connectivity index (χ3v) is 4.09. The minimum Gasteiger partial charge on any atom is -0.456 e. The van der Waals surface area contributed by atoms with Gasteiger partial charge in [-0.15, -0.1) is 11.3 Å². The molecular formula is C19H18N2O5S. The van der Waals surface area contributed by atoms with E-state index < -0.39 is 24.4 Å². The first-order valence-electron chi connectivity index (χ1n) is 8.09. The Morgan fingerprint density at radius 3 is 2.52 bits per heavy atom. The Hall–Kier alpha value is -3.26. The van der Waals surface area contributed by atoms with Crippen molar-refractivity contribution in [2.45, 2.75) is 6.42 Å². The molecule has 2 N–H and O–H groups in total. The van der Waals surface area contributed by atoms with Gasteiger partial charge in [0.2, 0.25) is 5.91 Å². The Kier molecular flexibility index (Phi) is 7.92. The van der Waals surface area contributed by atoms with Crippen molar-refractivity contribution in [3.63, 3.8) is 0 Å². The Morgan fingerprint density at radius 1 is 1.04 bits per heavy atom. The lowest BCUT2D eigenvalue weighted by molar-refractivity contribution is -0.148. The Morgan fingerprint density at radius 2 is 1.81 bits per heavy atom. The molecule has 8 heteroatoms. The van der Waals surface area contributed by atoms with Crippen LogP contribution in [-0.2, 0) is 19.1 Å². The second-order valence-electron chi connectivity index (χ2n) is 5.30. The summed E-state index contributed by atoms with van der Waals surface area (Å²) < 4.78 is 4.76. The van der Waals surface area contributed by atoms with Gasteiger partial charge >= 0.3 is 5.97 Å². The summed E-state index contributed by atoms with van der Waals surface area (Å²) in [6, 6.07) is 12.6. The molecule has 7 nitrogen and oxygen atoms in total. The zero-order valence-corrected chi connectivity index (χ0v) is 15.2. The average molecular weight is 386 g/mol. The zero-order valence-electron chi connectivity index (χ0n) is 14.3. The van der Waals surface area contributed by atoms with E-state index in [1.165, 1.54) is 17.4 Å². The number of hydrogen-bond acceptors (Lipinski definition) is 6. The van der Waals surface area contributed by atoms with Gasteiger partial charge in [-0.3, -0.25) is 24.5 Å². The molecule has 2 rings (SSSR count). The number of ether oxygens (including phenoxy) is 1. The number of thiophene rings is 1. The molecule has 0 fully saturated rings. The summed E-state index contributed by atoms with van der Waals surface area (Å²) in [4.78, 5) is 46.8. The van der Waals surface area contributed by atoms with Crippen LogP contribution < -0.4 is 10.6 Å². The lowest BCUT2D eigenvalue weighted by Gasteiger charge is -2.05. The monoisotopic (exact) mass is 386 g/mol. The minimum absolute atomic E-state index is 0.0759. The maximum absolute atomic E-state index is 11.7. The van der Waals surface area contributed by atoms with Crippen molar-refractivity contribution in [1.82, 2.24) is 10.6 Å². The predicted molar refractivity (Wildman–Crippen MR) is 101 cm³/mol. The highest BCUT2D eigenvalue weighted by Gasteiger charge is 2.13. The SMILES string of the molecule is O=C(/C=C/c1ccccc1)NCCC(=O)OCC(=O)NC(=O)c1cccs1. The van der Waals surface area contributed by atoms with E-state index in [9.17, 15) is 19.2 Å². The molecular weight excluding hydrogens is 368 g/mol. The van der Waals surface area contributed by atoms with Gasteiger partial charge in [-0.05, 0) is 23.1 Å². The molecule has 0 bridgehead atoms. The zero-order chi connectivity index (χ0) is 19.5.